The van der Waals surface area contributed by atoms with Crippen LogP contribution in [0, 0.1) is 0 Å². The lowest BCUT2D eigenvalue weighted by Crippen LogP contribution is -2.11. The second-order valence-electron chi connectivity index (χ2n) is 2.47. The zero-order chi connectivity index (χ0) is 9.68. The SMILES string of the molecule is NC(=O)c1cn(C/C=C\CO)cn1. The first-order valence-electron chi connectivity index (χ1n) is 3.81. The first-order valence-corrected chi connectivity index (χ1v) is 3.81. The van der Waals surface area contributed by atoms with Gasteiger partial charge in [-0.1, -0.05) is 12.2 Å². The standard InChI is InChI=1S/C8H11N3O2/c9-8(13)7-5-11(6-10-7)3-1-2-4-12/h1-2,5-6,12H,3-4H2,(H2,9,13)/b2-1-. The molecule has 5 heteroatoms. The molecule has 0 unspecified atom stereocenters. The molecular formula is C8H11N3O2. The molecule has 70 valence electrons. The Labute approximate surface area is 75.5 Å². The van der Waals surface area contributed by atoms with Crippen molar-refractivity contribution in [2.45, 2.75) is 6.54 Å². The van der Waals surface area contributed by atoms with Crippen LogP contribution in [0.4, 0.5) is 0 Å². The third-order valence-corrected chi connectivity index (χ3v) is 1.47. The van der Waals surface area contributed by atoms with Gasteiger partial charge in [-0.25, -0.2) is 4.98 Å². The molecule has 0 aliphatic rings. The summed E-state index contributed by atoms with van der Waals surface area (Å²) in [6, 6.07) is 0. The van der Waals surface area contributed by atoms with E-state index in [-0.39, 0.29) is 12.3 Å². The molecule has 1 rings (SSSR count). The average molecular weight is 181 g/mol. The zero-order valence-electron chi connectivity index (χ0n) is 7.05. The average Bonchev–Trinajstić information content (AvgIpc) is 2.53. The van der Waals surface area contributed by atoms with E-state index in [4.69, 9.17) is 10.8 Å². The maximum absolute atomic E-state index is 10.6. The first kappa shape index (κ1) is 9.47. The van der Waals surface area contributed by atoms with E-state index in [1.54, 1.807) is 22.9 Å². The van der Waals surface area contributed by atoms with E-state index in [1.165, 1.54) is 6.33 Å². The van der Waals surface area contributed by atoms with Gasteiger partial charge in [0, 0.05) is 12.7 Å². The normalized spacial score (nSPS) is 10.8. The number of carbonyl (C=O) groups is 1. The van der Waals surface area contributed by atoms with E-state index in [0.29, 0.717) is 6.54 Å². The Kier molecular flexibility index (Phi) is 3.22. The van der Waals surface area contributed by atoms with Crippen LogP contribution in [0.15, 0.2) is 24.7 Å². The summed E-state index contributed by atoms with van der Waals surface area (Å²) in [5, 5.41) is 8.45. The Bertz CT molecular complexity index is 317. The number of carbonyl (C=O) groups excluding carboxylic acids is 1. The van der Waals surface area contributed by atoms with Gasteiger partial charge in [0.05, 0.1) is 12.9 Å². The lowest BCUT2D eigenvalue weighted by molar-refractivity contribution is 0.0996. The van der Waals surface area contributed by atoms with Crippen molar-refractivity contribution in [3.8, 4) is 0 Å². The van der Waals surface area contributed by atoms with Crippen LogP contribution in [0.5, 0.6) is 0 Å². The first-order chi connectivity index (χ1) is 6.24. The summed E-state index contributed by atoms with van der Waals surface area (Å²) >= 11 is 0. The van der Waals surface area contributed by atoms with Gasteiger partial charge in [0.25, 0.3) is 5.91 Å². The number of rotatable bonds is 4. The van der Waals surface area contributed by atoms with Gasteiger partial charge in [-0.05, 0) is 0 Å². The fourth-order valence-electron chi connectivity index (χ4n) is 0.858. The molecule has 0 bridgehead atoms. The lowest BCUT2D eigenvalue weighted by atomic mass is 10.4. The number of aliphatic hydroxyl groups excluding tert-OH is 1. The third-order valence-electron chi connectivity index (χ3n) is 1.47. The number of aliphatic hydroxyl groups is 1. The van der Waals surface area contributed by atoms with Crippen LogP contribution in [-0.4, -0.2) is 27.2 Å². The lowest BCUT2D eigenvalue weighted by Gasteiger charge is -1.92. The van der Waals surface area contributed by atoms with Crippen LogP contribution < -0.4 is 5.73 Å². The smallest absolute Gasteiger partial charge is 0.268 e. The zero-order valence-corrected chi connectivity index (χ0v) is 7.05. The molecule has 0 radical (unpaired) electrons. The van der Waals surface area contributed by atoms with E-state index in [9.17, 15) is 4.79 Å². The highest BCUT2D eigenvalue weighted by molar-refractivity contribution is 5.90. The molecule has 0 atom stereocenters. The number of primary amides is 1. The van der Waals surface area contributed by atoms with Crippen molar-refractivity contribution in [2.75, 3.05) is 6.61 Å². The van der Waals surface area contributed by atoms with Crippen LogP contribution in [0.3, 0.4) is 0 Å². The van der Waals surface area contributed by atoms with Gasteiger partial charge in [0.15, 0.2) is 0 Å². The van der Waals surface area contributed by atoms with Crippen LogP contribution >= 0.6 is 0 Å². The number of aromatic nitrogens is 2. The predicted octanol–water partition coefficient (Wildman–Crippen LogP) is -0.470. The number of imidazole rings is 1. The topological polar surface area (TPSA) is 81.1 Å². The molecule has 1 aromatic heterocycles. The molecule has 1 aromatic rings. The molecule has 0 aliphatic carbocycles. The van der Waals surface area contributed by atoms with Gasteiger partial charge in [-0.2, -0.15) is 0 Å². The Hall–Kier alpha value is -1.62. The quantitative estimate of drug-likeness (QED) is 0.616. The van der Waals surface area contributed by atoms with Gasteiger partial charge in [-0.15, -0.1) is 0 Å². The van der Waals surface area contributed by atoms with Gasteiger partial charge >= 0.3 is 0 Å². The molecule has 1 amide bonds. The minimum Gasteiger partial charge on any atom is -0.392 e. The molecule has 5 nitrogen and oxygen atoms in total. The highest BCUT2D eigenvalue weighted by atomic mass is 16.2. The van der Waals surface area contributed by atoms with Crippen LogP contribution in [0.25, 0.3) is 0 Å². The maximum Gasteiger partial charge on any atom is 0.268 e. The van der Waals surface area contributed by atoms with Gasteiger partial charge < -0.3 is 15.4 Å². The van der Waals surface area contributed by atoms with Crippen LogP contribution in [0.2, 0.25) is 0 Å². The molecule has 3 N–H and O–H groups in total. The van der Waals surface area contributed by atoms with E-state index in [1.807, 2.05) is 0 Å². The summed E-state index contributed by atoms with van der Waals surface area (Å²) in [6.45, 7) is 0.582. The molecule has 0 saturated carbocycles. The van der Waals surface area contributed by atoms with Crippen molar-refractivity contribution in [1.29, 1.82) is 0 Å². The minimum atomic E-state index is -0.537. The summed E-state index contributed by atoms with van der Waals surface area (Å²) in [5.74, 6) is -0.537. The van der Waals surface area contributed by atoms with Crippen LogP contribution in [-0.2, 0) is 6.54 Å². The second-order valence-corrected chi connectivity index (χ2v) is 2.47. The third kappa shape index (κ3) is 2.72. The molecular weight excluding hydrogens is 170 g/mol. The molecule has 0 spiro atoms. The number of amides is 1. The molecule has 0 aliphatic heterocycles. The summed E-state index contributed by atoms with van der Waals surface area (Å²) in [7, 11) is 0. The number of nitrogens with zero attached hydrogens (tertiary/aromatic N) is 2. The van der Waals surface area contributed by atoms with E-state index in [0.717, 1.165) is 0 Å². The maximum atomic E-state index is 10.6. The Balaban J connectivity index is 2.59. The van der Waals surface area contributed by atoms with Gasteiger partial charge in [0.2, 0.25) is 0 Å². The Morgan fingerprint density at radius 1 is 1.69 bits per heavy atom. The van der Waals surface area contributed by atoms with Crippen molar-refractivity contribution in [1.82, 2.24) is 9.55 Å². The molecule has 13 heavy (non-hydrogen) atoms. The molecule has 0 fully saturated rings. The highest BCUT2D eigenvalue weighted by Gasteiger charge is 2.02. The van der Waals surface area contributed by atoms with Crippen LogP contribution in [0.1, 0.15) is 10.5 Å². The number of hydrogen-bond donors (Lipinski definition) is 2. The predicted molar refractivity (Wildman–Crippen MR) is 47.0 cm³/mol. The summed E-state index contributed by atoms with van der Waals surface area (Å²) < 4.78 is 1.70. The van der Waals surface area contributed by atoms with Crippen molar-refractivity contribution in [3.05, 3.63) is 30.4 Å². The Morgan fingerprint density at radius 3 is 3.00 bits per heavy atom. The molecule has 0 aromatic carbocycles. The largest absolute Gasteiger partial charge is 0.392 e. The van der Waals surface area contributed by atoms with Crippen molar-refractivity contribution in [2.24, 2.45) is 5.73 Å². The summed E-state index contributed by atoms with van der Waals surface area (Å²) in [5.41, 5.74) is 5.26. The monoisotopic (exact) mass is 181 g/mol. The number of hydrogen-bond acceptors (Lipinski definition) is 3. The molecule has 1 heterocycles. The minimum absolute atomic E-state index is 0.0113. The Morgan fingerprint density at radius 2 is 2.46 bits per heavy atom. The van der Waals surface area contributed by atoms with Gasteiger partial charge in [-0.3, -0.25) is 4.79 Å². The van der Waals surface area contributed by atoms with E-state index >= 15 is 0 Å². The van der Waals surface area contributed by atoms with E-state index < -0.39 is 5.91 Å². The summed E-state index contributed by atoms with van der Waals surface area (Å²) in [6.07, 6.45) is 6.46. The second kappa shape index (κ2) is 4.42. The fourth-order valence-corrected chi connectivity index (χ4v) is 0.858. The summed E-state index contributed by atoms with van der Waals surface area (Å²) in [4.78, 5) is 14.4. The van der Waals surface area contributed by atoms with Gasteiger partial charge in [0.1, 0.15) is 5.69 Å². The van der Waals surface area contributed by atoms with Crippen molar-refractivity contribution < 1.29 is 9.90 Å². The number of allylic oxidation sites excluding steroid dienone is 1. The molecule has 0 saturated heterocycles. The van der Waals surface area contributed by atoms with E-state index in [2.05, 4.69) is 4.98 Å². The number of nitrogens with two attached hydrogens (primary N) is 1. The highest BCUT2D eigenvalue weighted by Crippen LogP contribution is 1.94. The van der Waals surface area contributed by atoms with Crippen molar-refractivity contribution >= 4 is 5.91 Å². The fraction of sp³-hybridized carbons (Fsp3) is 0.250. The van der Waals surface area contributed by atoms with Crippen molar-refractivity contribution in [3.63, 3.8) is 0 Å².